The van der Waals surface area contributed by atoms with E-state index in [4.69, 9.17) is 10.2 Å². The Hall–Kier alpha value is -0.730. The first-order valence-electron chi connectivity index (χ1n) is 4.13. The normalized spacial score (nSPS) is 43.6. The van der Waals surface area contributed by atoms with E-state index in [0.717, 1.165) is 0 Å². The Bertz CT molecular complexity index is 220. The molecular formula is C7H13NO6. The van der Waals surface area contributed by atoms with E-state index in [1.807, 2.05) is 0 Å². The van der Waals surface area contributed by atoms with E-state index in [1.165, 1.54) is 0 Å². The summed E-state index contributed by atoms with van der Waals surface area (Å²) in [7, 11) is 0. The number of carboxylic acids is 1. The molecule has 1 rings (SSSR count). The van der Waals surface area contributed by atoms with Gasteiger partial charge in [-0.3, -0.25) is 10.1 Å². The van der Waals surface area contributed by atoms with Gasteiger partial charge in [-0.1, -0.05) is 0 Å². The van der Waals surface area contributed by atoms with Crippen molar-refractivity contribution in [1.82, 2.24) is 5.32 Å². The molecule has 0 aromatic rings. The molecular weight excluding hydrogens is 194 g/mol. The zero-order valence-corrected chi connectivity index (χ0v) is 7.24. The van der Waals surface area contributed by atoms with Crippen LogP contribution in [0.15, 0.2) is 0 Å². The molecule has 1 heterocycles. The molecule has 1 saturated heterocycles. The summed E-state index contributed by atoms with van der Waals surface area (Å²) in [5.74, 6) is -1.35. The van der Waals surface area contributed by atoms with Crippen LogP contribution in [0.5, 0.6) is 0 Å². The minimum Gasteiger partial charge on any atom is -0.480 e. The molecule has 0 saturated carbocycles. The first-order chi connectivity index (χ1) is 6.49. The van der Waals surface area contributed by atoms with Gasteiger partial charge in [0.1, 0.15) is 24.4 Å². The summed E-state index contributed by atoms with van der Waals surface area (Å²) < 4.78 is 0. The number of hydrogen-bond donors (Lipinski definition) is 6. The number of hydrogen-bond acceptors (Lipinski definition) is 6. The second kappa shape index (κ2) is 4.20. The van der Waals surface area contributed by atoms with Gasteiger partial charge in [-0.05, 0) is 0 Å². The maximum Gasteiger partial charge on any atom is 0.323 e. The lowest BCUT2D eigenvalue weighted by atomic mass is 9.90. The molecule has 6 N–H and O–H groups in total. The van der Waals surface area contributed by atoms with Gasteiger partial charge in [0.15, 0.2) is 0 Å². The number of nitrogens with one attached hydrogen (secondary N) is 1. The van der Waals surface area contributed by atoms with Crippen LogP contribution in [0.25, 0.3) is 0 Å². The molecule has 14 heavy (non-hydrogen) atoms. The maximum atomic E-state index is 10.6. The monoisotopic (exact) mass is 207 g/mol. The topological polar surface area (TPSA) is 130 Å². The maximum absolute atomic E-state index is 10.6. The van der Waals surface area contributed by atoms with E-state index in [0.29, 0.717) is 0 Å². The summed E-state index contributed by atoms with van der Waals surface area (Å²) >= 11 is 0. The van der Waals surface area contributed by atoms with Gasteiger partial charge >= 0.3 is 5.97 Å². The Kier molecular flexibility index (Phi) is 3.40. The molecule has 7 heteroatoms. The number of piperidine rings is 1. The highest BCUT2D eigenvalue weighted by molar-refractivity contribution is 5.74. The summed E-state index contributed by atoms with van der Waals surface area (Å²) in [6, 6.07) is -2.33. The Morgan fingerprint density at radius 3 is 2.14 bits per heavy atom. The fourth-order valence-electron chi connectivity index (χ4n) is 1.44. The fourth-order valence-corrected chi connectivity index (χ4v) is 1.44. The molecule has 5 atom stereocenters. The van der Waals surface area contributed by atoms with Crippen molar-refractivity contribution in [2.75, 3.05) is 6.61 Å². The van der Waals surface area contributed by atoms with Gasteiger partial charge in [0.2, 0.25) is 0 Å². The van der Waals surface area contributed by atoms with Crippen molar-refractivity contribution in [1.29, 1.82) is 0 Å². The second-order valence-electron chi connectivity index (χ2n) is 3.24. The van der Waals surface area contributed by atoms with Crippen LogP contribution >= 0.6 is 0 Å². The van der Waals surface area contributed by atoms with Crippen molar-refractivity contribution in [3.8, 4) is 0 Å². The molecule has 0 aromatic carbocycles. The van der Waals surface area contributed by atoms with Gasteiger partial charge in [0.25, 0.3) is 0 Å². The predicted octanol–water partition coefficient (Wildman–Crippen LogP) is -3.51. The van der Waals surface area contributed by atoms with Gasteiger partial charge in [-0.2, -0.15) is 0 Å². The van der Waals surface area contributed by atoms with Gasteiger partial charge < -0.3 is 25.5 Å². The van der Waals surface area contributed by atoms with Crippen molar-refractivity contribution >= 4 is 5.97 Å². The van der Waals surface area contributed by atoms with E-state index < -0.39 is 43.0 Å². The second-order valence-corrected chi connectivity index (χ2v) is 3.24. The van der Waals surface area contributed by atoms with E-state index in [9.17, 15) is 20.1 Å². The molecule has 1 fully saturated rings. The SMILES string of the molecule is O=C(O)C1NC(CO)C(O)C(O)C1O. The summed E-state index contributed by atoms with van der Waals surface area (Å²) in [4.78, 5) is 10.6. The minimum absolute atomic E-state index is 0.519. The largest absolute Gasteiger partial charge is 0.480 e. The molecule has 1 aliphatic rings. The Morgan fingerprint density at radius 2 is 1.71 bits per heavy atom. The Balaban J connectivity index is 2.78. The number of carboxylic acid groups (broad SMARTS) is 1. The smallest absolute Gasteiger partial charge is 0.323 e. The Labute approximate surface area is 79.6 Å². The molecule has 0 radical (unpaired) electrons. The van der Waals surface area contributed by atoms with Crippen molar-refractivity contribution in [2.24, 2.45) is 0 Å². The summed E-state index contributed by atoms with van der Waals surface area (Å²) in [5.41, 5.74) is 0. The average Bonchev–Trinajstić information content (AvgIpc) is 2.14. The predicted molar refractivity (Wildman–Crippen MR) is 43.5 cm³/mol. The summed E-state index contributed by atoms with van der Waals surface area (Å²) in [6.07, 6.45) is -4.55. The number of aliphatic carboxylic acids is 1. The van der Waals surface area contributed by atoms with Crippen molar-refractivity contribution in [2.45, 2.75) is 30.4 Å². The fraction of sp³-hybridized carbons (Fsp3) is 0.857. The molecule has 0 amide bonds. The lowest BCUT2D eigenvalue weighted by Crippen LogP contribution is -2.67. The van der Waals surface area contributed by atoms with Crippen LogP contribution in [0.4, 0.5) is 0 Å². The highest BCUT2D eigenvalue weighted by atomic mass is 16.4. The molecule has 82 valence electrons. The number of aliphatic hydroxyl groups excluding tert-OH is 4. The Morgan fingerprint density at radius 1 is 1.14 bits per heavy atom. The van der Waals surface area contributed by atoms with Gasteiger partial charge in [0, 0.05) is 0 Å². The molecule has 0 spiro atoms. The summed E-state index contributed by atoms with van der Waals surface area (Å²) in [6.45, 7) is -0.519. The van der Waals surface area contributed by atoms with Crippen molar-refractivity contribution < 1.29 is 30.3 Å². The summed E-state index contributed by atoms with van der Waals surface area (Å²) in [5, 5.41) is 47.5. The van der Waals surface area contributed by atoms with Gasteiger partial charge in [-0.25, -0.2) is 0 Å². The zero-order valence-electron chi connectivity index (χ0n) is 7.24. The third-order valence-corrected chi connectivity index (χ3v) is 2.31. The van der Waals surface area contributed by atoms with E-state index in [-0.39, 0.29) is 0 Å². The molecule has 1 aliphatic heterocycles. The van der Waals surface area contributed by atoms with E-state index >= 15 is 0 Å². The quantitative estimate of drug-likeness (QED) is 0.277. The molecule has 0 aliphatic carbocycles. The lowest BCUT2D eigenvalue weighted by molar-refractivity contribution is -0.158. The van der Waals surface area contributed by atoms with Crippen molar-refractivity contribution in [3.63, 3.8) is 0 Å². The number of aliphatic hydroxyl groups is 4. The standard InChI is InChI=1S/C7H13NO6/c9-1-2-4(10)6(12)5(11)3(8-2)7(13)14/h2-6,8-12H,1H2,(H,13,14). The van der Waals surface area contributed by atoms with E-state index in [1.54, 1.807) is 0 Å². The number of carbonyl (C=O) groups is 1. The molecule has 0 bridgehead atoms. The first kappa shape index (κ1) is 11.3. The number of rotatable bonds is 2. The van der Waals surface area contributed by atoms with Crippen LogP contribution in [-0.4, -0.2) is 68.5 Å². The zero-order chi connectivity index (χ0) is 10.9. The average molecular weight is 207 g/mol. The van der Waals surface area contributed by atoms with Gasteiger partial charge in [-0.15, -0.1) is 0 Å². The molecule has 0 aromatic heterocycles. The minimum atomic E-state index is -1.59. The van der Waals surface area contributed by atoms with Crippen LogP contribution in [0.2, 0.25) is 0 Å². The van der Waals surface area contributed by atoms with E-state index in [2.05, 4.69) is 5.32 Å². The first-order valence-corrected chi connectivity index (χ1v) is 4.13. The van der Waals surface area contributed by atoms with Crippen LogP contribution in [-0.2, 0) is 4.79 Å². The van der Waals surface area contributed by atoms with Crippen LogP contribution in [0, 0.1) is 0 Å². The third kappa shape index (κ3) is 1.86. The lowest BCUT2D eigenvalue weighted by Gasteiger charge is -2.38. The van der Waals surface area contributed by atoms with Crippen LogP contribution in [0.3, 0.4) is 0 Å². The van der Waals surface area contributed by atoms with Gasteiger partial charge in [0.05, 0.1) is 12.6 Å². The van der Waals surface area contributed by atoms with Crippen LogP contribution in [0.1, 0.15) is 0 Å². The van der Waals surface area contributed by atoms with Crippen LogP contribution < -0.4 is 5.32 Å². The molecule has 7 nitrogen and oxygen atoms in total. The third-order valence-electron chi connectivity index (χ3n) is 2.31. The van der Waals surface area contributed by atoms with Crippen molar-refractivity contribution in [3.05, 3.63) is 0 Å². The molecule has 5 unspecified atom stereocenters. The highest BCUT2D eigenvalue weighted by Gasteiger charge is 2.44. The highest BCUT2D eigenvalue weighted by Crippen LogP contribution is 2.15.